The van der Waals surface area contributed by atoms with Crippen molar-refractivity contribution in [3.63, 3.8) is 0 Å². The fourth-order valence-corrected chi connectivity index (χ4v) is 2.19. The summed E-state index contributed by atoms with van der Waals surface area (Å²) in [5.74, 6) is 0.793. The number of carbonyl (C=O) groups is 1. The SMILES string of the molecule is COc1ccccc1C1(CNC(=O)[C@@H](C)N)CC1. The molecule has 4 nitrogen and oxygen atoms in total. The van der Waals surface area contributed by atoms with E-state index in [9.17, 15) is 4.79 Å². The molecule has 0 unspecified atom stereocenters. The Hall–Kier alpha value is -1.55. The third-order valence-electron chi connectivity index (χ3n) is 3.55. The minimum absolute atomic E-state index is 0.0388. The molecule has 0 spiro atoms. The van der Waals surface area contributed by atoms with Crippen LogP contribution in [0, 0.1) is 0 Å². The van der Waals surface area contributed by atoms with Gasteiger partial charge >= 0.3 is 0 Å². The molecule has 98 valence electrons. The number of nitrogens with two attached hydrogens (primary N) is 1. The second-order valence-electron chi connectivity index (χ2n) is 4.99. The van der Waals surface area contributed by atoms with Crippen LogP contribution in [-0.4, -0.2) is 25.6 Å². The molecule has 0 aromatic heterocycles. The third-order valence-corrected chi connectivity index (χ3v) is 3.55. The molecule has 1 saturated carbocycles. The first-order chi connectivity index (χ1) is 8.59. The molecule has 1 fully saturated rings. The van der Waals surface area contributed by atoms with Crippen LogP contribution >= 0.6 is 0 Å². The molecule has 1 aromatic carbocycles. The van der Waals surface area contributed by atoms with Gasteiger partial charge in [-0.05, 0) is 25.8 Å². The lowest BCUT2D eigenvalue weighted by atomic mass is 9.95. The van der Waals surface area contributed by atoms with Crippen molar-refractivity contribution >= 4 is 5.91 Å². The molecule has 2 rings (SSSR count). The molecule has 1 amide bonds. The summed E-state index contributed by atoms with van der Waals surface area (Å²) >= 11 is 0. The summed E-state index contributed by atoms with van der Waals surface area (Å²) < 4.78 is 5.39. The van der Waals surface area contributed by atoms with E-state index in [1.807, 2.05) is 18.2 Å². The van der Waals surface area contributed by atoms with Crippen molar-refractivity contribution in [1.82, 2.24) is 5.32 Å². The van der Waals surface area contributed by atoms with Crippen molar-refractivity contribution in [2.75, 3.05) is 13.7 Å². The van der Waals surface area contributed by atoms with Crippen molar-refractivity contribution < 1.29 is 9.53 Å². The number of methoxy groups -OCH3 is 1. The first kappa shape index (κ1) is 12.9. The van der Waals surface area contributed by atoms with Crippen molar-refractivity contribution in [3.05, 3.63) is 29.8 Å². The highest BCUT2D eigenvalue weighted by Crippen LogP contribution is 2.50. The summed E-state index contributed by atoms with van der Waals surface area (Å²) in [6.07, 6.45) is 2.15. The number of rotatable bonds is 5. The van der Waals surface area contributed by atoms with Gasteiger partial charge in [-0.3, -0.25) is 4.79 Å². The second kappa shape index (κ2) is 4.98. The molecule has 18 heavy (non-hydrogen) atoms. The first-order valence-corrected chi connectivity index (χ1v) is 6.26. The van der Waals surface area contributed by atoms with Crippen molar-refractivity contribution in [2.24, 2.45) is 5.73 Å². The number of hydrogen-bond acceptors (Lipinski definition) is 3. The Morgan fingerprint density at radius 1 is 1.50 bits per heavy atom. The van der Waals surface area contributed by atoms with Gasteiger partial charge in [-0.15, -0.1) is 0 Å². The van der Waals surface area contributed by atoms with Crippen LogP contribution in [0.15, 0.2) is 24.3 Å². The number of nitrogens with one attached hydrogen (secondary N) is 1. The molecule has 0 aliphatic heterocycles. The van der Waals surface area contributed by atoms with Crippen molar-refractivity contribution in [1.29, 1.82) is 0 Å². The zero-order chi connectivity index (χ0) is 13.2. The molecule has 1 atom stereocenters. The van der Waals surface area contributed by atoms with E-state index in [0.29, 0.717) is 6.54 Å². The van der Waals surface area contributed by atoms with Crippen LogP contribution < -0.4 is 15.8 Å². The number of para-hydroxylation sites is 1. The molecule has 0 radical (unpaired) electrons. The number of amides is 1. The minimum Gasteiger partial charge on any atom is -0.496 e. The smallest absolute Gasteiger partial charge is 0.236 e. The zero-order valence-electron chi connectivity index (χ0n) is 10.9. The predicted molar refractivity (Wildman–Crippen MR) is 70.6 cm³/mol. The van der Waals surface area contributed by atoms with Gasteiger partial charge in [0.1, 0.15) is 5.75 Å². The Kier molecular flexibility index (Phi) is 3.57. The molecule has 0 heterocycles. The Morgan fingerprint density at radius 3 is 2.72 bits per heavy atom. The number of ether oxygens (including phenoxy) is 1. The van der Waals surface area contributed by atoms with Gasteiger partial charge in [0.2, 0.25) is 5.91 Å². The van der Waals surface area contributed by atoms with Crippen LogP contribution in [0.5, 0.6) is 5.75 Å². The highest BCUT2D eigenvalue weighted by Gasteiger charge is 2.46. The van der Waals surface area contributed by atoms with Gasteiger partial charge in [0.05, 0.1) is 13.2 Å². The topological polar surface area (TPSA) is 64.3 Å². The normalized spacial score (nSPS) is 17.9. The van der Waals surface area contributed by atoms with Crippen LogP contribution in [0.4, 0.5) is 0 Å². The van der Waals surface area contributed by atoms with E-state index >= 15 is 0 Å². The van der Waals surface area contributed by atoms with Gasteiger partial charge in [-0.25, -0.2) is 0 Å². The van der Waals surface area contributed by atoms with E-state index in [-0.39, 0.29) is 11.3 Å². The first-order valence-electron chi connectivity index (χ1n) is 6.26. The van der Waals surface area contributed by atoms with E-state index in [1.165, 1.54) is 5.56 Å². The van der Waals surface area contributed by atoms with Gasteiger partial charge in [-0.1, -0.05) is 18.2 Å². The van der Waals surface area contributed by atoms with Gasteiger partial charge in [0.15, 0.2) is 0 Å². The lowest BCUT2D eigenvalue weighted by Gasteiger charge is -2.20. The third kappa shape index (κ3) is 2.48. The Bertz CT molecular complexity index is 439. The average Bonchev–Trinajstić information content (AvgIpc) is 3.17. The summed E-state index contributed by atoms with van der Waals surface area (Å²) in [6, 6.07) is 7.54. The van der Waals surface area contributed by atoms with E-state index in [2.05, 4.69) is 11.4 Å². The Morgan fingerprint density at radius 2 is 2.17 bits per heavy atom. The van der Waals surface area contributed by atoms with Crippen molar-refractivity contribution in [3.8, 4) is 5.75 Å². The van der Waals surface area contributed by atoms with Gasteiger partial charge in [0.25, 0.3) is 0 Å². The predicted octanol–water partition coefficient (Wildman–Crippen LogP) is 1.19. The summed E-state index contributed by atoms with van der Waals surface area (Å²) in [7, 11) is 1.68. The molecule has 1 aliphatic rings. The highest BCUT2D eigenvalue weighted by atomic mass is 16.5. The van der Waals surface area contributed by atoms with Crippen molar-refractivity contribution in [2.45, 2.75) is 31.2 Å². The quantitative estimate of drug-likeness (QED) is 0.822. The van der Waals surface area contributed by atoms with Crippen LogP contribution in [0.2, 0.25) is 0 Å². The van der Waals surface area contributed by atoms with Crippen LogP contribution in [0.3, 0.4) is 0 Å². The molecule has 1 aliphatic carbocycles. The lowest BCUT2D eigenvalue weighted by molar-refractivity contribution is -0.122. The van der Waals surface area contributed by atoms with E-state index < -0.39 is 6.04 Å². The second-order valence-corrected chi connectivity index (χ2v) is 4.99. The molecule has 0 bridgehead atoms. The summed E-state index contributed by atoms with van der Waals surface area (Å²) in [5.41, 5.74) is 6.76. The summed E-state index contributed by atoms with van der Waals surface area (Å²) in [4.78, 5) is 11.5. The molecular weight excluding hydrogens is 228 g/mol. The molecule has 1 aromatic rings. The van der Waals surface area contributed by atoms with Crippen LogP contribution in [0.25, 0.3) is 0 Å². The van der Waals surface area contributed by atoms with E-state index in [1.54, 1.807) is 14.0 Å². The lowest BCUT2D eigenvalue weighted by Crippen LogP contribution is -2.41. The van der Waals surface area contributed by atoms with Gasteiger partial charge in [-0.2, -0.15) is 0 Å². The standard InChI is InChI=1S/C14H20N2O2/c1-10(15)13(17)16-9-14(7-8-14)11-5-3-4-6-12(11)18-2/h3-6,10H,7-9,15H2,1-2H3,(H,16,17)/t10-/m1/s1. The molecule has 3 N–H and O–H groups in total. The van der Waals surface area contributed by atoms with Crippen LogP contribution in [0.1, 0.15) is 25.3 Å². The van der Waals surface area contributed by atoms with Gasteiger partial charge in [0, 0.05) is 17.5 Å². The largest absolute Gasteiger partial charge is 0.496 e. The molecular formula is C14H20N2O2. The fourth-order valence-electron chi connectivity index (χ4n) is 2.19. The van der Waals surface area contributed by atoms with E-state index in [4.69, 9.17) is 10.5 Å². The van der Waals surface area contributed by atoms with Crippen LogP contribution in [-0.2, 0) is 10.2 Å². The average molecular weight is 248 g/mol. The maximum absolute atomic E-state index is 11.5. The molecule has 4 heteroatoms. The molecule has 0 saturated heterocycles. The number of benzene rings is 1. The zero-order valence-corrected chi connectivity index (χ0v) is 10.9. The summed E-state index contributed by atoms with van der Waals surface area (Å²) in [5, 5.41) is 2.92. The monoisotopic (exact) mass is 248 g/mol. The Balaban J connectivity index is 2.10. The summed E-state index contributed by atoms with van der Waals surface area (Å²) in [6.45, 7) is 2.33. The Labute approximate surface area is 108 Å². The maximum Gasteiger partial charge on any atom is 0.236 e. The van der Waals surface area contributed by atoms with Gasteiger partial charge < -0.3 is 15.8 Å². The van der Waals surface area contributed by atoms with E-state index in [0.717, 1.165) is 18.6 Å². The minimum atomic E-state index is -0.460. The maximum atomic E-state index is 11.5. The number of hydrogen-bond donors (Lipinski definition) is 2. The number of carbonyl (C=O) groups excluding carboxylic acids is 1. The fraction of sp³-hybridized carbons (Fsp3) is 0.500. The highest BCUT2D eigenvalue weighted by molar-refractivity contribution is 5.81.